The Morgan fingerprint density at radius 2 is 1.03 bits per heavy atom. The molecule has 5 rings (SSSR count). The summed E-state index contributed by atoms with van der Waals surface area (Å²) in [6, 6.07) is 33.3. The number of esters is 2. The minimum absolute atomic E-state index is 0.106. The first-order valence-corrected chi connectivity index (χ1v) is 12.8. The first-order valence-electron chi connectivity index (χ1n) is 12.8. The van der Waals surface area contributed by atoms with Crippen LogP contribution in [0.2, 0.25) is 0 Å². The molecule has 0 saturated heterocycles. The van der Waals surface area contributed by atoms with Gasteiger partial charge in [-0.3, -0.25) is 9.59 Å². The number of benzene rings is 5. The average Bonchev–Trinajstić information content (AvgIpc) is 2.89. The number of hydrogen-bond acceptors (Lipinski definition) is 4. The van der Waals surface area contributed by atoms with Gasteiger partial charge >= 0.3 is 11.9 Å². The van der Waals surface area contributed by atoms with Gasteiger partial charge in [-0.2, -0.15) is 0 Å². The predicted molar refractivity (Wildman–Crippen MR) is 152 cm³/mol. The van der Waals surface area contributed by atoms with Gasteiger partial charge in [0.25, 0.3) is 0 Å². The third-order valence-electron chi connectivity index (χ3n) is 6.58. The fourth-order valence-corrected chi connectivity index (χ4v) is 4.49. The van der Waals surface area contributed by atoms with Crippen molar-refractivity contribution in [1.29, 1.82) is 0 Å². The number of carbonyl (C=O) groups excluding carboxylic acids is 2. The lowest BCUT2D eigenvalue weighted by Crippen LogP contribution is -2.17. The number of fused-ring (bicyclic) bond motifs is 2. The molecule has 0 atom stereocenters. The van der Waals surface area contributed by atoms with Gasteiger partial charge < -0.3 is 9.47 Å². The van der Waals surface area contributed by atoms with Crippen molar-refractivity contribution in [3.8, 4) is 11.5 Å². The van der Waals surface area contributed by atoms with Gasteiger partial charge in [-0.25, -0.2) is 0 Å². The highest BCUT2D eigenvalue weighted by Crippen LogP contribution is 2.34. The van der Waals surface area contributed by atoms with E-state index in [0.717, 1.165) is 38.2 Å². The number of ether oxygens (including phenoxy) is 2. The summed E-state index contributed by atoms with van der Waals surface area (Å²) >= 11 is 0. The zero-order valence-electron chi connectivity index (χ0n) is 21.9. The van der Waals surface area contributed by atoms with Gasteiger partial charge in [-0.15, -0.1) is 0 Å². The van der Waals surface area contributed by atoms with E-state index in [0.29, 0.717) is 0 Å². The first kappa shape index (κ1) is 25.2. The Morgan fingerprint density at radius 1 is 0.553 bits per heavy atom. The molecule has 0 unspecified atom stereocenters. The fourth-order valence-electron chi connectivity index (χ4n) is 4.49. The van der Waals surface area contributed by atoms with Gasteiger partial charge in [0, 0.05) is 0 Å². The summed E-state index contributed by atoms with van der Waals surface area (Å²) in [6.07, 6.45) is 0.214. The Morgan fingerprint density at radius 3 is 1.53 bits per heavy atom. The van der Waals surface area contributed by atoms with Crippen LogP contribution >= 0.6 is 0 Å². The fraction of sp³-hybridized carbons (Fsp3) is 0.176. The molecule has 0 saturated carbocycles. The van der Waals surface area contributed by atoms with E-state index in [1.807, 2.05) is 91.0 Å². The van der Waals surface area contributed by atoms with E-state index in [4.69, 9.17) is 9.47 Å². The largest absolute Gasteiger partial charge is 0.422 e. The molecular weight excluding hydrogens is 472 g/mol. The Labute approximate surface area is 222 Å². The lowest BCUT2D eigenvalue weighted by Gasteiger charge is -2.21. The lowest BCUT2D eigenvalue weighted by atomic mass is 9.87. The third kappa shape index (κ3) is 5.92. The van der Waals surface area contributed by atoms with Crippen molar-refractivity contribution in [2.75, 3.05) is 0 Å². The molecule has 5 aromatic rings. The molecule has 0 N–H and O–H groups in total. The van der Waals surface area contributed by atoms with Crippen LogP contribution in [0.25, 0.3) is 21.5 Å². The maximum atomic E-state index is 13.0. The Kier molecular flexibility index (Phi) is 6.97. The Balaban J connectivity index is 1.34. The summed E-state index contributed by atoms with van der Waals surface area (Å²) < 4.78 is 11.5. The molecular formula is C34H30O4. The van der Waals surface area contributed by atoms with E-state index in [-0.39, 0.29) is 29.8 Å². The molecule has 0 aliphatic rings. The van der Waals surface area contributed by atoms with Gasteiger partial charge in [0.05, 0.1) is 12.8 Å². The van der Waals surface area contributed by atoms with E-state index < -0.39 is 11.9 Å². The van der Waals surface area contributed by atoms with Gasteiger partial charge in [0.2, 0.25) is 0 Å². The minimum atomic E-state index is -0.421. The zero-order chi connectivity index (χ0) is 26.7. The van der Waals surface area contributed by atoms with E-state index in [2.05, 4.69) is 20.8 Å². The molecule has 4 heteroatoms. The van der Waals surface area contributed by atoms with E-state index in [1.165, 1.54) is 0 Å². The van der Waals surface area contributed by atoms with Gasteiger partial charge in [0.15, 0.2) is 11.5 Å². The van der Waals surface area contributed by atoms with Crippen molar-refractivity contribution in [2.24, 2.45) is 0 Å². The van der Waals surface area contributed by atoms with Crippen molar-refractivity contribution in [1.82, 2.24) is 0 Å². The van der Waals surface area contributed by atoms with Crippen LogP contribution in [0.3, 0.4) is 0 Å². The standard InChI is InChI=1S/C34H30O4/c1-34(2,3)29-16-17-30(37-32(35)20-23-12-14-25-8-4-6-10-27(25)18-23)31(22-29)38-33(36)21-24-13-15-26-9-5-7-11-28(26)19-24/h4-19,22H,20-21H2,1-3H3. The second-order valence-corrected chi connectivity index (χ2v) is 10.6. The van der Waals surface area contributed by atoms with E-state index in [9.17, 15) is 9.59 Å². The van der Waals surface area contributed by atoms with Crippen molar-refractivity contribution in [2.45, 2.75) is 39.0 Å². The van der Waals surface area contributed by atoms with Crippen LogP contribution < -0.4 is 9.47 Å². The van der Waals surface area contributed by atoms with Crippen molar-refractivity contribution in [3.63, 3.8) is 0 Å². The highest BCUT2D eigenvalue weighted by molar-refractivity contribution is 5.86. The van der Waals surface area contributed by atoms with Crippen LogP contribution in [0.4, 0.5) is 0 Å². The summed E-state index contributed by atoms with van der Waals surface area (Å²) in [4.78, 5) is 25.9. The third-order valence-corrected chi connectivity index (χ3v) is 6.58. The number of carbonyl (C=O) groups is 2. The molecule has 0 bridgehead atoms. The molecule has 0 amide bonds. The monoisotopic (exact) mass is 502 g/mol. The maximum Gasteiger partial charge on any atom is 0.315 e. The van der Waals surface area contributed by atoms with Gasteiger partial charge in [-0.05, 0) is 55.8 Å². The highest BCUT2D eigenvalue weighted by atomic mass is 16.6. The predicted octanol–water partition coefficient (Wildman–Crippen LogP) is 7.59. The minimum Gasteiger partial charge on any atom is -0.422 e. The summed E-state index contributed by atoms with van der Waals surface area (Å²) in [6.45, 7) is 6.23. The highest BCUT2D eigenvalue weighted by Gasteiger charge is 2.20. The number of hydrogen-bond donors (Lipinski definition) is 0. The average molecular weight is 503 g/mol. The summed E-state index contributed by atoms with van der Waals surface area (Å²) in [5, 5.41) is 4.36. The van der Waals surface area contributed by atoms with Crippen LogP contribution in [-0.4, -0.2) is 11.9 Å². The Hall–Kier alpha value is -4.44. The molecule has 0 aromatic heterocycles. The zero-order valence-corrected chi connectivity index (χ0v) is 21.9. The van der Waals surface area contributed by atoms with Crippen LogP contribution in [0, 0.1) is 0 Å². The van der Waals surface area contributed by atoms with Gasteiger partial charge in [0.1, 0.15) is 0 Å². The smallest absolute Gasteiger partial charge is 0.315 e. The van der Waals surface area contributed by atoms with E-state index >= 15 is 0 Å². The second kappa shape index (κ2) is 10.5. The molecule has 0 fully saturated rings. The SMILES string of the molecule is CC(C)(C)c1ccc(OC(=O)Cc2ccc3ccccc3c2)c(OC(=O)Cc2ccc3ccccc3c2)c1. The van der Waals surface area contributed by atoms with Crippen molar-refractivity contribution < 1.29 is 19.1 Å². The molecule has 38 heavy (non-hydrogen) atoms. The second-order valence-electron chi connectivity index (χ2n) is 10.6. The van der Waals surface area contributed by atoms with Crippen molar-refractivity contribution in [3.05, 3.63) is 120 Å². The van der Waals surface area contributed by atoms with Gasteiger partial charge in [-0.1, -0.05) is 112 Å². The molecule has 5 aromatic carbocycles. The first-order chi connectivity index (χ1) is 18.2. The molecule has 0 aliphatic carbocycles. The quantitative estimate of drug-likeness (QED) is 0.177. The van der Waals surface area contributed by atoms with E-state index in [1.54, 1.807) is 12.1 Å². The summed E-state index contributed by atoms with van der Waals surface area (Å²) in [7, 11) is 0. The summed E-state index contributed by atoms with van der Waals surface area (Å²) in [5.74, 6) is -0.362. The lowest BCUT2D eigenvalue weighted by molar-refractivity contribution is -0.136. The molecule has 0 heterocycles. The van der Waals surface area contributed by atoms with Crippen molar-refractivity contribution >= 4 is 33.5 Å². The molecule has 0 radical (unpaired) electrons. The Bertz CT molecular complexity index is 1640. The molecule has 4 nitrogen and oxygen atoms in total. The molecule has 0 spiro atoms. The maximum absolute atomic E-state index is 13.0. The molecule has 190 valence electrons. The molecule has 0 aliphatic heterocycles. The van der Waals surface area contributed by atoms with Crippen LogP contribution in [0.15, 0.2) is 103 Å². The van der Waals surface area contributed by atoms with Crippen LogP contribution in [-0.2, 0) is 27.8 Å². The van der Waals surface area contributed by atoms with Crippen LogP contribution in [0.1, 0.15) is 37.5 Å². The summed E-state index contributed by atoms with van der Waals surface area (Å²) in [5.41, 5.74) is 2.51. The van der Waals surface area contributed by atoms with Crippen LogP contribution in [0.5, 0.6) is 11.5 Å². The normalized spacial score (nSPS) is 11.4. The topological polar surface area (TPSA) is 52.6 Å². The number of rotatable bonds is 6.